The van der Waals surface area contributed by atoms with Crippen molar-refractivity contribution < 1.29 is 5.11 Å². The maximum atomic E-state index is 9.62. The molecular formula is C30H52O. The predicted octanol–water partition coefficient (Wildman–Crippen LogP) is 8.73. The molecule has 3 fully saturated rings. The second-order valence-electron chi connectivity index (χ2n) is 12.9. The van der Waals surface area contributed by atoms with E-state index in [-0.39, 0.29) is 0 Å². The van der Waals surface area contributed by atoms with Crippen molar-refractivity contribution in [3.63, 3.8) is 0 Å². The van der Waals surface area contributed by atoms with Gasteiger partial charge in [0, 0.05) is 6.61 Å². The van der Waals surface area contributed by atoms with Crippen molar-refractivity contribution in [3.8, 4) is 0 Å². The minimum atomic E-state index is 0.341. The third-order valence-corrected chi connectivity index (χ3v) is 10.9. The lowest BCUT2D eigenvalue weighted by Crippen LogP contribution is -2.57. The quantitative estimate of drug-likeness (QED) is 0.402. The molecule has 0 aliphatic heterocycles. The molecule has 3 rings (SSSR count). The summed E-state index contributed by atoms with van der Waals surface area (Å²) >= 11 is 0. The Hall–Kier alpha value is -0.560. The van der Waals surface area contributed by atoms with Gasteiger partial charge in [0.05, 0.1) is 0 Å². The van der Waals surface area contributed by atoms with Crippen molar-refractivity contribution in [2.45, 2.75) is 120 Å². The van der Waals surface area contributed by atoms with Crippen molar-refractivity contribution in [1.82, 2.24) is 0 Å². The van der Waals surface area contributed by atoms with Crippen molar-refractivity contribution in [3.05, 3.63) is 22.8 Å². The standard InChI is InChI=1S/C30H52O/c1-21(2)11-9-12-23(5)25-16-17-30(8)27-15-14-24(22(3)4)26(13-10-20-31)28(27,6)18-19-29(25,30)7/h11,23,25-27,31H,9-10,12-20H2,1-8H3/t23-,25-,26-,27+,28+,29+,30-/m1/s1. The first-order chi connectivity index (χ1) is 14.5. The van der Waals surface area contributed by atoms with Gasteiger partial charge in [-0.1, -0.05) is 50.5 Å². The second kappa shape index (κ2) is 9.36. The molecule has 31 heavy (non-hydrogen) atoms. The zero-order chi connectivity index (χ0) is 23.0. The zero-order valence-electron chi connectivity index (χ0n) is 22.1. The molecule has 0 aromatic carbocycles. The van der Waals surface area contributed by atoms with Gasteiger partial charge in [0.1, 0.15) is 0 Å². The molecule has 3 aliphatic rings. The molecule has 0 radical (unpaired) electrons. The zero-order valence-corrected chi connectivity index (χ0v) is 22.1. The molecule has 1 heteroatoms. The summed E-state index contributed by atoms with van der Waals surface area (Å²) in [6.07, 6.45) is 15.5. The molecule has 0 saturated heterocycles. The van der Waals surface area contributed by atoms with E-state index in [1.807, 2.05) is 0 Å². The molecule has 0 unspecified atom stereocenters. The number of hydrogen-bond acceptors (Lipinski definition) is 1. The van der Waals surface area contributed by atoms with E-state index in [0.717, 1.165) is 24.2 Å². The maximum Gasteiger partial charge on any atom is 0.0431 e. The fourth-order valence-electron chi connectivity index (χ4n) is 9.04. The molecule has 1 N–H and O–H groups in total. The molecule has 1 nitrogen and oxygen atoms in total. The van der Waals surface area contributed by atoms with Crippen LogP contribution in [-0.4, -0.2) is 11.7 Å². The molecule has 0 aromatic rings. The third kappa shape index (κ3) is 4.22. The largest absolute Gasteiger partial charge is 0.396 e. The highest BCUT2D eigenvalue weighted by Crippen LogP contribution is 2.74. The number of aliphatic hydroxyl groups is 1. The van der Waals surface area contributed by atoms with Crippen LogP contribution in [0.25, 0.3) is 0 Å². The average Bonchev–Trinajstić information content (AvgIpc) is 2.97. The van der Waals surface area contributed by atoms with Gasteiger partial charge in [-0.05, 0) is 132 Å². The summed E-state index contributed by atoms with van der Waals surface area (Å²) in [5.74, 6) is 3.22. The van der Waals surface area contributed by atoms with E-state index in [4.69, 9.17) is 0 Å². The SMILES string of the molecule is CC(C)=CCC[C@@H](C)[C@H]1CC[C@]2(C)[C@H]3CCC(=C(C)C)[C@@H](CCCO)[C@]3(C)CC[C@@]12C. The van der Waals surface area contributed by atoms with Gasteiger partial charge in [-0.15, -0.1) is 0 Å². The smallest absolute Gasteiger partial charge is 0.0431 e. The fraction of sp³-hybridized carbons (Fsp3) is 0.867. The second-order valence-corrected chi connectivity index (χ2v) is 12.9. The van der Waals surface area contributed by atoms with Crippen molar-refractivity contribution in [1.29, 1.82) is 0 Å². The molecule has 3 aliphatic carbocycles. The molecule has 0 amide bonds. The monoisotopic (exact) mass is 428 g/mol. The van der Waals surface area contributed by atoms with Crippen LogP contribution in [0.5, 0.6) is 0 Å². The van der Waals surface area contributed by atoms with Crippen molar-refractivity contribution in [2.75, 3.05) is 6.61 Å². The maximum absolute atomic E-state index is 9.62. The van der Waals surface area contributed by atoms with Crippen LogP contribution in [-0.2, 0) is 0 Å². The normalized spacial score (nSPS) is 40.8. The fourth-order valence-corrected chi connectivity index (χ4v) is 9.04. The van der Waals surface area contributed by atoms with E-state index in [1.165, 1.54) is 63.4 Å². The summed E-state index contributed by atoms with van der Waals surface area (Å²) in [6, 6.07) is 0. The van der Waals surface area contributed by atoms with Gasteiger partial charge in [-0.3, -0.25) is 0 Å². The van der Waals surface area contributed by atoms with E-state index in [0.29, 0.717) is 28.8 Å². The van der Waals surface area contributed by atoms with Gasteiger partial charge in [0.15, 0.2) is 0 Å². The lowest BCUT2D eigenvalue weighted by molar-refractivity contribution is -0.144. The Balaban J connectivity index is 1.88. The van der Waals surface area contributed by atoms with Gasteiger partial charge in [0.25, 0.3) is 0 Å². The molecule has 3 saturated carbocycles. The summed E-state index contributed by atoms with van der Waals surface area (Å²) in [6.45, 7) is 20.1. The van der Waals surface area contributed by atoms with Crippen LogP contribution in [0.2, 0.25) is 0 Å². The molecular weight excluding hydrogens is 376 g/mol. The summed E-state index contributed by atoms with van der Waals surface area (Å²) in [5.41, 5.74) is 6.14. The Morgan fingerprint density at radius 2 is 1.74 bits per heavy atom. The first-order valence-corrected chi connectivity index (χ1v) is 13.4. The predicted molar refractivity (Wildman–Crippen MR) is 135 cm³/mol. The highest BCUT2D eigenvalue weighted by molar-refractivity contribution is 5.25. The molecule has 7 atom stereocenters. The number of rotatable bonds is 7. The number of fused-ring (bicyclic) bond motifs is 3. The van der Waals surface area contributed by atoms with Crippen LogP contribution in [0, 0.1) is 39.9 Å². The lowest BCUT2D eigenvalue weighted by atomic mass is 9.40. The van der Waals surface area contributed by atoms with Gasteiger partial charge in [0.2, 0.25) is 0 Å². The van der Waals surface area contributed by atoms with Gasteiger partial charge < -0.3 is 5.11 Å². The Kier molecular flexibility index (Phi) is 7.57. The van der Waals surface area contributed by atoms with Gasteiger partial charge >= 0.3 is 0 Å². The van der Waals surface area contributed by atoms with Gasteiger partial charge in [-0.2, -0.15) is 0 Å². The van der Waals surface area contributed by atoms with Crippen LogP contribution in [0.15, 0.2) is 22.8 Å². The topological polar surface area (TPSA) is 20.2 Å². The summed E-state index contributed by atoms with van der Waals surface area (Å²) in [5, 5.41) is 9.62. The van der Waals surface area contributed by atoms with Crippen LogP contribution in [0.4, 0.5) is 0 Å². The minimum Gasteiger partial charge on any atom is -0.396 e. The van der Waals surface area contributed by atoms with E-state index in [1.54, 1.807) is 11.1 Å². The Labute approximate surface area is 194 Å². The van der Waals surface area contributed by atoms with Crippen LogP contribution in [0.3, 0.4) is 0 Å². The lowest BCUT2D eigenvalue weighted by Gasteiger charge is -2.65. The summed E-state index contributed by atoms with van der Waals surface area (Å²) < 4.78 is 0. The van der Waals surface area contributed by atoms with E-state index in [9.17, 15) is 5.11 Å². The van der Waals surface area contributed by atoms with Crippen LogP contribution in [0.1, 0.15) is 120 Å². The number of hydrogen-bond donors (Lipinski definition) is 1. The van der Waals surface area contributed by atoms with Crippen molar-refractivity contribution in [2.24, 2.45) is 39.9 Å². The average molecular weight is 429 g/mol. The highest BCUT2D eigenvalue weighted by atomic mass is 16.2. The van der Waals surface area contributed by atoms with E-state index in [2.05, 4.69) is 61.5 Å². The molecule has 0 bridgehead atoms. The Morgan fingerprint density at radius 1 is 1.03 bits per heavy atom. The Morgan fingerprint density at radius 3 is 2.35 bits per heavy atom. The van der Waals surface area contributed by atoms with Crippen LogP contribution < -0.4 is 0 Å². The first kappa shape index (κ1) is 25.1. The minimum absolute atomic E-state index is 0.341. The molecule has 0 spiro atoms. The van der Waals surface area contributed by atoms with E-state index < -0.39 is 0 Å². The molecule has 178 valence electrons. The Bertz CT molecular complexity index is 693. The number of aliphatic hydroxyl groups excluding tert-OH is 1. The molecule has 0 aromatic heterocycles. The van der Waals surface area contributed by atoms with E-state index >= 15 is 0 Å². The number of allylic oxidation sites excluding steroid dienone is 4. The molecule has 0 heterocycles. The first-order valence-electron chi connectivity index (χ1n) is 13.4. The van der Waals surface area contributed by atoms with Gasteiger partial charge in [-0.25, -0.2) is 0 Å². The third-order valence-electron chi connectivity index (χ3n) is 10.9. The highest BCUT2D eigenvalue weighted by Gasteiger charge is 2.66. The van der Waals surface area contributed by atoms with Crippen molar-refractivity contribution >= 4 is 0 Å². The summed E-state index contributed by atoms with van der Waals surface area (Å²) in [7, 11) is 0. The summed E-state index contributed by atoms with van der Waals surface area (Å²) in [4.78, 5) is 0. The van der Waals surface area contributed by atoms with Crippen LogP contribution >= 0.6 is 0 Å².